The molecule has 0 radical (unpaired) electrons. The molecule has 1 aromatic rings. The smallest absolute Gasteiger partial charge is 0.415 e. The van der Waals surface area contributed by atoms with Crippen LogP contribution in [0.1, 0.15) is 10.4 Å². The summed E-state index contributed by atoms with van der Waals surface area (Å²) < 4.78 is 5.65. The largest absolute Gasteiger partial charge is 0.601 e. The summed E-state index contributed by atoms with van der Waals surface area (Å²) in [7, 11) is 1.28. The van der Waals surface area contributed by atoms with Crippen LogP contribution < -0.4 is 10.3 Å². The van der Waals surface area contributed by atoms with Crippen molar-refractivity contribution in [3.63, 3.8) is 0 Å². The number of nitrogens with two attached hydrogens (primary N) is 1. The van der Waals surface area contributed by atoms with Crippen molar-refractivity contribution in [2.75, 3.05) is 7.11 Å². The molecule has 13 heavy (non-hydrogen) atoms. The van der Waals surface area contributed by atoms with E-state index in [4.69, 9.17) is 5.73 Å². The molecule has 0 aliphatic heterocycles. The molecule has 0 aliphatic rings. The summed E-state index contributed by atoms with van der Waals surface area (Å²) in [6.07, 6.45) is 2.30. The Morgan fingerprint density at radius 3 is 2.31 bits per heavy atom. The predicted molar refractivity (Wildman–Crippen MR) is 43.0 cm³/mol. The van der Waals surface area contributed by atoms with E-state index in [0.29, 0.717) is 5.56 Å². The molecular weight excluding hydrogens is 172 g/mol. The van der Waals surface area contributed by atoms with E-state index in [1.54, 1.807) is 0 Å². The van der Waals surface area contributed by atoms with Crippen LogP contribution in [0.2, 0.25) is 0 Å². The molecule has 1 heterocycles. The zero-order chi connectivity index (χ0) is 9.84. The van der Waals surface area contributed by atoms with Crippen molar-refractivity contribution in [3.05, 3.63) is 30.1 Å². The maximum Gasteiger partial charge on any atom is 0.601 e. The van der Waals surface area contributed by atoms with Crippen LogP contribution in [0.25, 0.3) is 0 Å². The van der Waals surface area contributed by atoms with Gasteiger partial charge in [-0.2, -0.15) is 4.79 Å². The van der Waals surface area contributed by atoms with Crippen molar-refractivity contribution in [1.82, 2.24) is 0 Å². The van der Waals surface area contributed by atoms with Crippen LogP contribution in [-0.2, 0) is 4.74 Å². The summed E-state index contributed by atoms with van der Waals surface area (Å²) in [6.45, 7) is 0. The fraction of sp³-hybridized carbons (Fsp3) is 0.125. The van der Waals surface area contributed by atoms with Crippen LogP contribution in [0.3, 0.4) is 0 Å². The third-order valence-electron chi connectivity index (χ3n) is 1.50. The lowest BCUT2D eigenvalue weighted by atomic mass is 10.2. The molecule has 0 unspecified atom stereocenters. The number of methoxy groups -OCH3 is 1. The lowest BCUT2D eigenvalue weighted by molar-refractivity contribution is -0.585. The van der Waals surface area contributed by atoms with E-state index in [1.165, 1.54) is 36.2 Å². The molecule has 0 bridgehead atoms. The first kappa shape index (κ1) is 9.18. The van der Waals surface area contributed by atoms with Crippen LogP contribution in [0.15, 0.2) is 24.5 Å². The zero-order valence-electron chi connectivity index (χ0n) is 7.06. The van der Waals surface area contributed by atoms with Crippen molar-refractivity contribution in [2.24, 2.45) is 5.73 Å². The molecule has 2 N–H and O–H groups in total. The second-order valence-corrected chi connectivity index (χ2v) is 2.33. The molecule has 0 atom stereocenters. The molecule has 5 nitrogen and oxygen atoms in total. The first-order valence-corrected chi connectivity index (χ1v) is 3.54. The van der Waals surface area contributed by atoms with Gasteiger partial charge in [0.2, 0.25) is 5.91 Å². The Morgan fingerprint density at radius 1 is 1.38 bits per heavy atom. The van der Waals surface area contributed by atoms with Gasteiger partial charge in [-0.1, -0.05) is 4.57 Å². The third-order valence-corrected chi connectivity index (χ3v) is 1.50. The number of hydrogen-bond acceptors (Lipinski definition) is 3. The van der Waals surface area contributed by atoms with Crippen LogP contribution in [-0.4, -0.2) is 19.1 Å². The van der Waals surface area contributed by atoms with E-state index < -0.39 is 12.0 Å². The van der Waals surface area contributed by atoms with Crippen molar-refractivity contribution >= 4 is 12.0 Å². The van der Waals surface area contributed by atoms with Gasteiger partial charge in [0.15, 0.2) is 12.4 Å². The molecule has 1 amide bonds. The lowest BCUT2D eigenvalue weighted by Crippen LogP contribution is -2.42. The summed E-state index contributed by atoms with van der Waals surface area (Å²) in [4.78, 5) is 21.6. The van der Waals surface area contributed by atoms with Crippen LogP contribution >= 0.6 is 0 Å². The molecule has 68 valence electrons. The topological polar surface area (TPSA) is 73.3 Å². The first-order chi connectivity index (χ1) is 6.15. The fourth-order valence-electron chi connectivity index (χ4n) is 0.818. The minimum atomic E-state index is -0.531. The Bertz CT molecular complexity index is 332. The quantitative estimate of drug-likeness (QED) is 0.604. The number of nitrogens with zero attached hydrogens (tertiary/aromatic N) is 1. The van der Waals surface area contributed by atoms with E-state index in [-0.39, 0.29) is 0 Å². The van der Waals surface area contributed by atoms with Gasteiger partial charge in [-0.15, -0.1) is 0 Å². The van der Waals surface area contributed by atoms with E-state index in [9.17, 15) is 9.59 Å². The van der Waals surface area contributed by atoms with Gasteiger partial charge in [0, 0.05) is 12.1 Å². The summed E-state index contributed by atoms with van der Waals surface area (Å²) in [5.74, 6) is -0.531. The molecule has 0 aliphatic carbocycles. The highest BCUT2D eigenvalue weighted by molar-refractivity contribution is 5.92. The number of primary amides is 1. The molecule has 0 spiro atoms. The second-order valence-electron chi connectivity index (χ2n) is 2.33. The van der Waals surface area contributed by atoms with Gasteiger partial charge in [-0.25, -0.2) is 0 Å². The number of ether oxygens (including phenoxy) is 1. The average molecular weight is 181 g/mol. The number of amides is 1. The van der Waals surface area contributed by atoms with Gasteiger partial charge >= 0.3 is 6.09 Å². The lowest BCUT2D eigenvalue weighted by Gasteiger charge is -1.93. The van der Waals surface area contributed by atoms with Gasteiger partial charge in [0.05, 0.1) is 12.7 Å². The highest BCUT2D eigenvalue weighted by atomic mass is 16.5. The molecule has 0 aromatic carbocycles. The van der Waals surface area contributed by atoms with E-state index >= 15 is 0 Å². The summed E-state index contributed by atoms with van der Waals surface area (Å²) in [6, 6.07) is 2.89. The Labute approximate surface area is 74.7 Å². The maximum absolute atomic E-state index is 10.9. The summed E-state index contributed by atoms with van der Waals surface area (Å²) in [5, 5.41) is 0. The minimum absolute atomic E-state index is 0.347. The monoisotopic (exact) mass is 181 g/mol. The Kier molecular flexibility index (Phi) is 2.59. The van der Waals surface area contributed by atoms with Crippen molar-refractivity contribution < 1.29 is 18.9 Å². The standard InChI is InChI=1S/C8H8N2O3/c1-13-8(12)10-4-2-6(3-5-10)7(9)11/h2-5H,1H3,(H-,9,11)/p+1. The number of carbonyl (C=O) groups is 2. The number of pyridine rings is 1. The maximum atomic E-state index is 10.9. The van der Waals surface area contributed by atoms with Gasteiger partial charge in [0.25, 0.3) is 0 Å². The van der Waals surface area contributed by atoms with E-state index in [1.807, 2.05) is 0 Å². The molecule has 0 saturated carbocycles. The number of hydrogen-bond donors (Lipinski definition) is 1. The zero-order valence-corrected chi connectivity index (χ0v) is 7.06. The molecule has 0 fully saturated rings. The van der Waals surface area contributed by atoms with Gasteiger partial charge < -0.3 is 10.5 Å². The average Bonchev–Trinajstić information content (AvgIpc) is 2.17. The fourth-order valence-corrected chi connectivity index (χ4v) is 0.818. The normalized spacial score (nSPS) is 9.31. The van der Waals surface area contributed by atoms with Crippen molar-refractivity contribution in [1.29, 1.82) is 0 Å². The van der Waals surface area contributed by atoms with Crippen LogP contribution in [0.4, 0.5) is 4.79 Å². The summed E-state index contributed by atoms with van der Waals surface area (Å²) in [5.41, 5.74) is 5.36. The number of rotatable bonds is 1. The van der Waals surface area contributed by atoms with Crippen LogP contribution in [0, 0.1) is 0 Å². The molecule has 1 rings (SSSR count). The van der Waals surface area contributed by atoms with Crippen LogP contribution in [0.5, 0.6) is 0 Å². The van der Waals surface area contributed by atoms with Gasteiger partial charge in [-0.3, -0.25) is 4.79 Å². The van der Waals surface area contributed by atoms with E-state index in [2.05, 4.69) is 4.74 Å². The number of carbonyl (C=O) groups excluding carboxylic acids is 2. The molecular formula is C8H9N2O3+. The Morgan fingerprint density at radius 2 is 1.92 bits per heavy atom. The Hall–Kier alpha value is -1.91. The first-order valence-electron chi connectivity index (χ1n) is 3.54. The summed E-state index contributed by atoms with van der Waals surface area (Å²) >= 11 is 0. The second kappa shape index (κ2) is 3.66. The predicted octanol–water partition coefficient (Wildman–Crippen LogP) is -0.312. The van der Waals surface area contributed by atoms with Gasteiger partial charge in [-0.05, 0) is 0 Å². The SMILES string of the molecule is COC(=O)[n+]1ccc(C(N)=O)cc1. The Balaban J connectivity index is 2.93. The molecule has 0 saturated heterocycles. The van der Waals surface area contributed by atoms with Crippen molar-refractivity contribution in [2.45, 2.75) is 0 Å². The minimum Gasteiger partial charge on any atom is -0.415 e. The van der Waals surface area contributed by atoms with Gasteiger partial charge in [0.1, 0.15) is 0 Å². The molecule has 5 heteroatoms. The third kappa shape index (κ3) is 2.02. The number of aromatic nitrogens is 1. The van der Waals surface area contributed by atoms with Crippen molar-refractivity contribution in [3.8, 4) is 0 Å². The van der Waals surface area contributed by atoms with E-state index in [0.717, 1.165) is 0 Å². The molecule has 1 aromatic heterocycles. The highest BCUT2D eigenvalue weighted by Gasteiger charge is 2.13. The highest BCUT2D eigenvalue weighted by Crippen LogP contribution is 1.92.